The summed E-state index contributed by atoms with van der Waals surface area (Å²) < 4.78 is 16.6. The molecule has 0 aliphatic carbocycles. The maximum atomic E-state index is 9.55. The highest BCUT2D eigenvalue weighted by atomic mass is 16.5. The lowest BCUT2D eigenvalue weighted by atomic mass is 9.99. The number of aliphatic hydroxyl groups excluding tert-OH is 1. The number of aliphatic hydroxyl groups is 1. The molecule has 0 saturated carbocycles. The Morgan fingerprint density at radius 3 is 2.36 bits per heavy atom. The van der Waals surface area contributed by atoms with Crippen molar-refractivity contribution in [2.45, 2.75) is 33.3 Å². The van der Waals surface area contributed by atoms with Crippen LogP contribution < -0.4 is 9.47 Å². The van der Waals surface area contributed by atoms with Crippen molar-refractivity contribution in [3.8, 4) is 22.6 Å². The molecule has 0 radical (unpaired) electrons. The quantitative estimate of drug-likeness (QED) is 0.651. The van der Waals surface area contributed by atoms with Crippen molar-refractivity contribution in [1.29, 1.82) is 0 Å². The van der Waals surface area contributed by atoms with Crippen LogP contribution in [0.4, 0.5) is 0 Å². The first kappa shape index (κ1) is 19.3. The normalized spacial score (nSPS) is 10.7. The molecule has 0 saturated heterocycles. The summed E-state index contributed by atoms with van der Waals surface area (Å²) in [7, 11) is 1.62. The van der Waals surface area contributed by atoms with E-state index >= 15 is 0 Å². The van der Waals surface area contributed by atoms with E-state index < -0.39 is 0 Å². The van der Waals surface area contributed by atoms with E-state index in [-0.39, 0.29) is 6.61 Å². The van der Waals surface area contributed by atoms with Crippen LogP contribution in [0.1, 0.15) is 30.9 Å². The summed E-state index contributed by atoms with van der Waals surface area (Å²) in [5, 5.41) is 9.55. The van der Waals surface area contributed by atoms with E-state index in [9.17, 15) is 5.11 Å². The highest BCUT2D eigenvalue weighted by molar-refractivity contribution is 5.68. The van der Waals surface area contributed by atoms with Gasteiger partial charge in [0, 0.05) is 12.2 Å². The second-order valence-electron chi connectivity index (χ2n) is 5.98. The summed E-state index contributed by atoms with van der Waals surface area (Å²) in [5.41, 5.74) is 3.93. The summed E-state index contributed by atoms with van der Waals surface area (Å²) in [6.07, 6.45) is 2.23. The number of unbranched alkanes of at least 4 members (excludes halogenated alkanes) is 1. The van der Waals surface area contributed by atoms with Gasteiger partial charge in [-0.15, -0.1) is 0 Å². The Morgan fingerprint density at radius 1 is 0.960 bits per heavy atom. The maximum absolute atomic E-state index is 9.55. The van der Waals surface area contributed by atoms with Crippen LogP contribution in [-0.4, -0.2) is 32.0 Å². The molecule has 136 valence electrons. The molecule has 0 amide bonds. The van der Waals surface area contributed by atoms with Gasteiger partial charge in [-0.05, 0) is 54.3 Å². The molecule has 2 aromatic rings. The minimum absolute atomic E-state index is 0.0446. The first-order chi connectivity index (χ1) is 12.2. The summed E-state index contributed by atoms with van der Waals surface area (Å²) in [6, 6.07) is 12.0. The van der Waals surface area contributed by atoms with Crippen molar-refractivity contribution in [2.24, 2.45) is 0 Å². The Morgan fingerprint density at radius 2 is 1.72 bits per heavy atom. The van der Waals surface area contributed by atoms with E-state index in [1.54, 1.807) is 7.11 Å². The molecule has 0 unspecified atom stereocenters. The predicted octanol–water partition coefficient (Wildman–Crippen LogP) is 4.36. The third kappa shape index (κ3) is 5.48. The standard InChI is InChI=1S/C21H28O4/c1-4-5-10-24-11-12-25-20-8-6-17(7-9-20)18-13-16(2)21(23-3)19(14-18)15-22/h6-9,13-14,22H,4-5,10-12,15H2,1-3H3. The number of rotatable bonds is 10. The second kappa shape index (κ2) is 10.1. The monoisotopic (exact) mass is 344 g/mol. The van der Waals surface area contributed by atoms with E-state index in [1.165, 1.54) is 0 Å². The third-order valence-corrected chi connectivity index (χ3v) is 4.05. The third-order valence-electron chi connectivity index (χ3n) is 4.05. The van der Waals surface area contributed by atoms with Crippen molar-refractivity contribution >= 4 is 0 Å². The zero-order valence-corrected chi connectivity index (χ0v) is 15.4. The van der Waals surface area contributed by atoms with E-state index in [0.717, 1.165) is 53.2 Å². The van der Waals surface area contributed by atoms with Gasteiger partial charge >= 0.3 is 0 Å². The zero-order valence-electron chi connectivity index (χ0n) is 15.4. The molecule has 0 bridgehead atoms. The van der Waals surface area contributed by atoms with Gasteiger partial charge in [-0.25, -0.2) is 0 Å². The topological polar surface area (TPSA) is 47.9 Å². The molecule has 4 heteroatoms. The molecule has 25 heavy (non-hydrogen) atoms. The summed E-state index contributed by atoms with van der Waals surface area (Å²) >= 11 is 0. The minimum atomic E-state index is -0.0446. The van der Waals surface area contributed by atoms with Crippen LogP contribution in [0.15, 0.2) is 36.4 Å². The fourth-order valence-corrected chi connectivity index (χ4v) is 2.73. The Hall–Kier alpha value is -2.04. The van der Waals surface area contributed by atoms with Gasteiger partial charge < -0.3 is 19.3 Å². The van der Waals surface area contributed by atoms with Crippen LogP contribution in [0.3, 0.4) is 0 Å². The first-order valence-electron chi connectivity index (χ1n) is 8.79. The second-order valence-corrected chi connectivity index (χ2v) is 5.98. The van der Waals surface area contributed by atoms with Crippen molar-refractivity contribution in [3.05, 3.63) is 47.5 Å². The molecule has 1 N–H and O–H groups in total. The molecule has 0 heterocycles. The molecule has 2 aromatic carbocycles. The van der Waals surface area contributed by atoms with Crippen LogP contribution in [0.2, 0.25) is 0 Å². The first-order valence-corrected chi connectivity index (χ1v) is 8.79. The molecule has 0 atom stereocenters. The molecule has 0 fully saturated rings. The molecule has 2 rings (SSSR count). The van der Waals surface area contributed by atoms with Crippen LogP contribution in [-0.2, 0) is 11.3 Å². The summed E-state index contributed by atoms with van der Waals surface area (Å²) in [6.45, 7) is 6.05. The van der Waals surface area contributed by atoms with Crippen molar-refractivity contribution in [3.63, 3.8) is 0 Å². The lowest BCUT2D eigenvalue weighted by molar-refractivity contribution is 0.0981. The highest BCUT2D eigenvalue weighted by Crippen LogP contribution is 2.31. The average Bonchev–Trinajstić information content (AvgIpc) is 2.64. The smallest absolute Gasteiger partial charge is 0.127 e. The maximum Gasteiger partial charge on any atom is 0.127 e. The molecule has 0 aromatic heterocycles. The largest absolute Gasteiger partial charge is 0.496 e. The van der Waals surface area contributed by atoms with Gasteiger partial charge in [-0.2, -0.15) is 0 Å². The number of benzene rings is 2. The minimum Gasteiger partial charge on any atom is -0.496 e. The van der Waals surface area contributed by atoms with Gasteiger partial charge in [0.25, 0.3) is 0 Å². The average molecular weight is 344 g/mol. The molecule has 0 aliphatic heterocycles. The van der Waals surface area contributed by atoms with E-state index in [0.29, 0.717) is 13.2 Å². The molecular weight excluding hydrogens is 316 g/mol. The Kier molecular flexibility index (Phi) is 7.76. The van der Waals surface area contributed by atoms with Crippen LogP contribution in [0.5, 0.6) is 11.5 Å². The summed E-state index contributed by atoms with van der Waals surface area (Å²) in [5.74, 6) is 1.57. The number of aryl methyl sites for hydroxylation is 1. The fraction of sp³-hybridized carbons (Fsp3) is 0.429. The van der Waals surface area contributed by atoms with Gasteiger partial charge in [0.05, 0.1) is 20.3 Å². The van der Waals surface area contributed by atoms with E-state index in [4.69, 9.17) is 14.2 Å². The summed E-state index contributed by atoms with van der Waals surface area (Å²) in [4.78, 5) is 0. The number of hydrogen-bond donors (Lipinski definition) is 1. The Bertz CT molecular complexity index is 650. The zero-order chi connectivity index (χ0) is 18.1. The van der Waals surface area contributed by atoms with Crippen molar-refractivity contribution in [2.75, 3.05) is 26.9 Å². The van der Waals surface area contributed by atoms with Gasteiger partial charge in [0.2, 0.25) is 0 Å². The molecule has 0 spiro atoms. The van der Waals surface area contributed by atoms with E-state index in [2.05, 4.69) is 13.0 Å². The van der Waals surface area contributed by atoms with Gasteiger partial charge in [-0.3, -0.25) is 0 Å². The van der Waals surface area contributed by atoms with Gasteiger partial charge in [-0.1, -0.05) is 25.5 Å². The predicted molar refractivity (Wildman–Crippen MR) is 100 cm³/mol. The Labute approximate surface area is 150 Å². The SMILES string of the molecule is CCCCOCCOc1ccc(-c2cc(C)c(OC)c(CO)c2)cc1. The fourth-order valence-electron chi connectivity index (χ4n) is 2.73. The molecule has 4 nitrogen and oxygen atoms in total. The lowest BCUT2D eigenvalue weighted by Gasteiger charge is -2.13. The van der Waals surface area contributed by atoms with Crippen LogP contribution >= 0.6 is 0 Å². The van der Waals surface area contributed by atoms with Crippen molar-refractivity contribution < 1.29 is 19.3 Å². The van der Waals surface area contributed by atoms with Crippen LogP contribution in [0, 0.1) is 6.92 Å². The van der Waals surface area contributed by atoms with Gasteiger partial charge in [0.15, 0.2) is 0 Å². The number of hydrogen-bond acceptors (Lipinski definition) is 4. The number of methoxy groups -OCH3 is 1. The van der Waals surface area contributed by atoms with Crippen molar-refractivity contribution in [1.82, 2.24) is 0 Å². The highest BCUT2D eigenvalue weighted by Gasteiger charge is 2.09. The molecule has 0 aliphatic rings. The van der Waals surface area contributed by atoms with Gasteiger partial charge in [0.1, 0.15) is 18.1 Å². The number of ether oxygens (including phenoxy) is 3. The van der Waals surface area contributed by atoms with Crippen LogP contribution in [0.25, 0.3) is 11.1 Å². The lowest BCUT2D eigenvalue weighted by Crippen LogP contribution is -2.07. The van der Waals surface area contributed by atoms with E-state index in [1.807, 2.05) is 37.3 Å². The Balaban J connectivity index is 1.99. The molecular formula is C21H28O4.